The molecular weight excluding hydrogens is 263 g/mol. The Kier molecular flexibility index (Phi) is 3.53. The van der Waals surface area contributed by atoms with Crippen LogP contribution < -0.4 is 21.6 Å². The monoisotopic (exact) mass is 277 g/mol. The molecule has 0 unspecified atom stereocenters. The Morgan fingerprint density at radius 2 is 1.58 bits per heavy atom. The van der Waals surface area contributed by atoms with Gasteiger partial charge in [-0.05, 0) is 0 Å². The number of aryl methyl sites for hydroxylation is 3. The van der Waals surface area contributed by atoms with Crippen molar-refractivity contribution in [2.24, 2.45) is 0 Å². The van der Waals surface area contributed by atoms with Gasteiger partial charge in [0.15, 0.2) is 0 Å². The molecule has 0 fully saturated rings. The number of benzene rings is 1. The molecule has 0 saturated heterocycles. The van der Waals surface area contributed by atoms with E-state index in [4.69, 9.17) is 3.07 Å². The molecular formula is C10H14IO-. The van der Waals surface area contributed by atoms with E-state index in [-0.39, 0.29) is 21.6 Å². The number of hydrogen-bond donors (Lipinski definition) is 0. The van der Waals surface area contributed by atoms with Gasteiger partial charge in [0.2, 0.25) is 0 Å². The Hall–Kier alpha value is -0.0900. The summed E-state index contributed by atoms with van der Waals surface area (Å²) in [5.41, 5.74) is 4.10. The first-order chi connectivity index (χ1) is 5.65. The van der Waals surface area contributed by atoms with Gasteiger partial charge in [-0.25, -0.2) is 0 Å². The number of rotatable bonds is 2. The van der Waals surface area contributed by atoms with E-state index in [1.54, 1.807) is 7.11 Å². The van der Waals surface area contributed by atoms with Crippen molar-refractivity contribution in [3.05, 3.63) is 32.4 Å². The average Bonchev–Trinajstić information content (AvgIpc) is 1.96. The fourth-order valence-electron chi connectivity index (χ4n) is 1.36. The predicted octanol–water partition coefficient (Wildman–Crippen LogP) is -0.568. The van der Waals surface area contributed by atoms with E-state index in [0.29, 0.717) is 0 Å². The molecule has 2 heteroatoms. The summed E-state index contributed by atoms with van der Waals surface area (Å²) < 4.78 is 6.67. The molecule has 12 heavy (non-hydrogen) atoms. The average molecular weight is 277 g/mol. The summed E-state index contributed by atoms with van der Waals surface area (Å²) in [4.78, 5) is 0. The van der Waals surface area contributed by atoms with Crippen molar-refractivity contribution < 1.29 is 24.7 Å². The van der Waals surface area contributed by atoms with Crippen LogP contribution in [0.3, 0.4) is 0 Å². The van der Waals surface area contributed by atoms with Gasteiger partial charge in [-0.1, -0.05) is 0 Å². The van der Waals surface area contributed by atoms with Crippen LogP contribution in [0.25, 0.3) is 0 Å². The van der Waals surface area contributed by atoms with E-state index >= 15 is 0 Å². The summed E-state index contributed by atoms with van der Waals surface area (Å²) >= 11 is -0.226. The van der Waals surface area contributed by atoms with Crippen molar-refractivity contribution in [2.75, 3.05) is 7.11 Å². The summed E-state index contributed by atoms with van der Waals surface area (Å²) in [5.74, 6) is 0. The maximum absolute atomic E-state index is 5.24. The summed E-state index contributed by atoms with van der Waals surface area (Å²) in [6.07, 6.45) is 0. The second-order valence-electron chi connectivity index (χ2n) is 2.94. The summed E-state index contributed by atoms with van der Waals surface area (Å²) in [5, 5.41) is 0. The first-order valence-electron chi connectivity index (χ1n) is 3.91. The fraction of sp³-hybridized carbons (Fsp3) is 0.400. The van der Waals surface area contributed by atoms with E-state index < -0.39 is 0 Å². The van der Waals surface area contributed by atoms with Crippen LogP contribution in [0.4, 0.5) is 0 Å². The van der Waals surface area contributed by atoms with Crippen LogP contribution in [0.2, 0.25) is 0 Å². The zero-order valence-electron chi connectivity index (χ0n) is 7.94. The summed E-state index contributed by atoms with van der Waals surface area (Å²) in [6.45, 7) is 6.46. The topological polar surface area (TPSA) is 9.23 Å². The third-order valence-corrected chi connectivity index (χ3v) is 4.32. The molecule has 1 nitrogen and oxygen atoms in total. The Morgan fingerprint density at radius 1 is 1.08 bits per heavy atom. The molecule has 0 aliphatic heterocycles. The Morgan fingerprint density at radius 3 is 2.00 bits per heavy atom. The quantitative estimate of drug-likeness (QED) is 0.658. The molecule has 0 radical (unpaired) electrons. The van der Waals surface area contributed by atoms with E-state index in [1.165, 1.54) is 20.3 Å². The van der Waals surface area contributed by atoms with Gasteiger partial charge in [0.05, 0.1) is 0 Å². The van der Waals surface area contributed by atoms with Crippen molar-refractivity contribution in [2.45, 2.75) is 20.8 Å². The Bertz CT molecular complexity index is 258. The first kappa shape index (κ1) is 9.99. The molecule has 0 saturated carbocycles. The first-order valence-corrected chi connectivity index (χ1v) is 5.87. The molecule has 0 aliphatic rings. The molecule has 0 heterocycles. The number of hydrogen-bond acceptors (Lipinski definition) is 1. The van der Waals surface area contributed by atoms with E-state index in [1.807, 2.05) is 0 Å². The minimum atomic E-state index is -0.226. The molecule has 0 amide bonds. The third kappa shape index (κ3) is 2.20. The molecule has 0 bridgehead atoms. The molecule has 0 spiro atoms. The van der Waals surface area contributed by atoms with E-state index in [2.05, 4.69) is 32.9 Å². The van der Waals surface area contributed by atoms with Gasteiger partial charge >= 0.3 is 85.0 Å². The van der Waals surface area contributed by atoms with Crippen molar-refractivity contribution >= 4 is 0 Å². The van der Waals surface area contributed by atoms with Crippen molar-refractivity contribution in [1.29, 1.82) is 0 Å². The zero-order valence-corrected chi connectivity index (χ0v) is 10.1. The van der Waals surface area contributed by atoms with Crippen LogP contribution in [0.5, 0.6) is 0 Å². The molecule has 1 rings (SSSR count). The SMILES string of the molecule is CO[I-]c1c(C)cc(C)cc1C. The Balaban J connectivity index is 3.10. The van der Waals surface area contributed by atoms with Crippen LogP contribution in [0.1, 0.15) is 16.7 Å². The Labute approximate surface area is 84.9 Å². The molecule has 0 atom stereocenters. The number of halogens is 1. The summed E-state index contributed by atoms with van der Waals surface area (Å²) in [7, 11) is 1.78. The van der Waals surface area contributed by atoms with Crippen LogP contribution in [-0.4, -0.2) is 7.11 Å². The third-order valence-electron chi connectivity index (χ3n) is 1.74. The molecule has 0 N–H and O–H groups in total. The summed E-state index contributed by atoms with van der Waals surface area (Å²) in [6, 6.07) is 4.45. The second-order valence-corrected chi connectivity index (χ2v) is 5.34. The molecule has 0 aromatic heterocycles. The van der Waals surface area contributed by atoms with Crippen LogP contribution in [0, 0.1) is 24.3 Å². The van der Waals surface area contributed by atoms with Gasteiger partial charge in [-0.15, -0.1) is 0 Å². The van der Waals surface area contributed by atoms with Crippen molar-refractivity contribution in [3.8, 4) is 0 Å². The second kappa shape index (κ2) is 4.23. The molecule has 1 aromatic rings. The molecule has 0 aliphatic carbocycles. The van der Waals surface area contributed by atoms with Crippen LogP contribution in [0.15, 0.2) is 12.1 Å². The van der Waals surface area contributed by atoms with Gasteiger partial charge in [0.1, 0.15) is 0 Å². The maximum atomic E-state index is 5.24. The minimum absolute atomic E-state index is 0.226. The standard InChI is InChI=1S/C10H14IO/c1-7-5-8(2)10(11-12-4)9(3)6-7/h5-6H,1-4H3/q-1. The van der Waals surface area contributed by atoms with Crippen LogP contribution >= 0.6 is 0 Å². The molecule has 1 aromatic carbocycles. The van der Waals surface area contributed by atoms with Crippen molar-refractivity contribution in [1.82, 2.24) is 0 Å². The normalized spacial score (nSPS) is 10.7. The van der Waals surface area contributed by atoms with Gasteiger partial charge < -0.3 is 0 Å². The zero-order chi connectivity index (χ0) is 9.14. The van der Waals surface area contributed by atoms with Gasteiger partial charge in [-0.2, -0.15) is 0 Å². The van der Waals surface area contributed by atoms with Crippen molar-refractivity contribution in [3.63, 3.8) is 0 Å². The predicted molar refractivity (Wildman–Crippen MR) is 46.4 cm³/mol. The van der Waals surface area contributed by atoms with E-state index in [9.17, 15) is 0 Å². The van der Waals surface area contributed by atoms with Gasteiger partial charge in [-0.3, -0.25) is 0 Å². The fourth-order valence-corrected chi connectivity index (χ4v) is 2.81. The van der Waals surface area contributed by atoms with Crippen LogP contribution in [-0.2, 0) is 3.07 Å². The van der Waals surface area contributed by atoms with E-state index in [0.717, 1.165) is 0 Å². The van der Waals surface area contributed by atoms with Gasteiger partial charge in [0.25, 0.3) is 0 Å². The molecule has 68 valence electrons. The van der Waals surface area contributed by atoms with Gasteiger partial charge in [0, 0.05) is 0 Å².